The Bertz CT molecular complexity index is 202. The zero-order valence-corrected chi connectivity index (χ0v) is 5.76. The van der Waals surface area contributed by atoms with Crippen molar-refractivity contribution in [1.29, 1.82) is 0 Å². The van der Waals surface area contributed by atoms with E-state index in [2.05, 4.69) is 11.9 Å². The van der Waals surface area contributed by atoms with Gasteiger partial charge >= 0.3 is 0 Å². The number of anilines is 1. The highest BCUT2D eigenvalue weighted by Gasteiger charge is 1.95. The minimum atomic E-state index is 0.606. The van der Waals surface area contributed by atoms with E-state index < -0.39 is 0 Å². The average Bonchev–Trinajstić information content (AvgIpc) is 2.10. The number of imidazole rings is 1. The van der Waals surface area contributed by atoms with Crippen LogP contribution in [-0.4, -0.2) is 9.55 Å². The van der Waals surface area contributed by atoms with Crippen LogP contribution in [0.5, 0.6) is 0 Å². The maximum Gasteiger partial charge on any atom is 0.141 e. The predicted molar refractivity (Wildman–Crippen MR) is 37.1 cm³/mol. The molecule has 0 fully saturated rings. The molecule has 1 heterocycles. The van der Waals surface area contributed by atoms with Gasteiger partial charge in [-0.15, -0.1) is 0 Å². The van der Waals surface area contributed by atoms with Gasteiger partial charge in [0.05, 0.1) is 0 Å². The van der Waals surface area contributed by atoms with Crippen molar-refractivity contribution in [2.24, 2.45) is 0 Å². The molecule has 0 amide bonds. The van der Waals surface area contributed by atoms with Crippen LogP contribution in [0.2, 0.25) is 0 Å². The van der Waals surface area contributed by atoms with Crippen LogP contribution in [0.1, 0.15) is 12.7 Å². The Morgan fingerprint density at radius 3 is 2.67 bits per heavy atom. The fraction of sp³-hybridized carbons (Fsp3) is 0.500. The first kappa shape index (κ1) is 6.13. The van der Waals surface area contributed by atoms with Crippen LogP contribution < -0.4 is 5.73 Å². The quantitative estimate of drug-likeness (QED) is 0.603. The lowest BCUT2D eigenvalue weighted by molar-refractivity contribution is 0.730. The van der Waals surface area contributed by atoms with Gasteiger partial charge in [-0.3, -0.25) is 0 Å². The van der Waals surface area contributed by atoms with Gasteiger partial charge in [0.15, 0.2) is 0 Å². The summed E-state index contributed by atoms with van der Waals surface area (Å²) in [5, 5.41) is 0. The molecule has 0 atom stereocenters. The van der Waals surface area contributed by atoms with E-state index in [0.717, 1.165) is 12.4 Å². The van der Waals surface area contributed by atoms with E-state index in [-0.39, 0.29) is 0 Å². The second kappa shape index (κ2) is 2.09. The molecule has 0 saturated heterocycles. The normalized spacial score (nSPS) is 10.0. The smallest absolute Gasteiger partial charge is 0.141 e. The number of hydrogen-bond acceptors (Lipinski definition) is 2. The Labute approximate surface area is 54.5 Å². The Balaban J connectivity index is 3.01. The lowest BCUT2D eigenvalue weighted by atomic mass is 10.6. The second-order valence-electron chi connectivity index (χ2n) is 2.00. The first-order valence-corrected chi connectivity index (χ1v) is 3.03. The van der Waals surface area contributed by atoms with Crippen LogP contribution in [-0.2, 0) is 6.54 Å². The van der Waals surface area contributed by atoms with E-state index in [4.69, 9.17) is 5.73 Å². The van der Waals surface area contributed by atoms with Crippen LogP contribution in [0.25, 0.3) is 0 Å². The first-order chi connectivity index (χ1) is 4.24. The molecule has 2 N–H and O–H groups in total. The SMILES string of the molecule is CCn1cc(N)nc1C. The third-order valence-corrected chi connectivity index (χ3v) is 1.34. The van der Waals surface area contributed by atoms with E-state index in [0.29, 0.717) is 5.82 Å². The van der Waals surface area contributed by atoms with E-state index in [1.54, 1.807) is 0 Å². The molecule has 3 nitrogen and oxygen atoms in total. The van der Waals surface area contributed by atoms with Gasteiger partial charge < -0.3 is 10.3 Å². The third kappa shape index (κ3) is 1.04. The number of nitrogen functional groups attached to an aromatic ring is 1. The molecule has 0 aliphatic carbocycles. The van der Waals surface area contributed by atoms with E-state index >= 15 is 0 Å². The molecule has 1 rings (SSSR count). The minimum Gasteiger partial charge on any atom is -0.382 e. The molecule has 1 aromatic heterocycles. The zero-order chi connectivity index (χ0) is 6.85. The molecule has 9 heavy (non-hydrogen) atoms. The highest BCUT2D eigenvalue weighted by molar-refractivity contribution is 5.25. The van der Waals surface area contributed by atoms with Gasteiger partial charge in [0, 0.05) is 12.7 Å². The van der Waals surface area contributed by atoms with Gasteiger partial charge in [-0.1, -0.05) is 0 Å². The van der Waals surface area contributed by atoms with Crippen LogP contribution in [0.3, 0.4) is 0 Å². The van der Waals surface area contributed by atoms with E-state index in [1.807, 2.05) is 17.7 Å². The minimum absolute atomic E-state index is 0.606. The Kier molecular flexibility index (Phi) is 1.42. The lowest BCUT2D eigenvalue weighted by Crippen LogP contribution is -1.93. The molecule has 0 aliphatic heterocycles. The summed E-state index contributed by atoms with van der Waals surface area (Å²) in [5.41, 5.74) is 5.42. The molecule has 0 unspecified atom stereocenters. The van der Waals surface area contributed by atoms with E-state index in [9.17, 15) is 0 Å². The van der Waals surface area contributed by atoms with Gasteiger partial charge in [0.1, 0.15) is 11.6 Å². The number of rotatable bonds is 1. The summed E-state index contributed by atoms with van der Waals surface area (Å²) < 4.78 is 2.01. The van der Waals surface area contributed by atoms with Crippen LogP contribution >= 0.6 is 0 Å². The van der Waals surface area contributed by atoms with Crippen molar-refractivity contribution in [3.63, 3.8) is 0 Å². The van der Waals surface area contributed by atoms with Gasteiger partial charge in [-0.25, -0.2) is 4.98 Å². The van der Waals surface area contributed by atoms with Crippen LogP contribution in [0, 0.1) is 6.92 Å². The molecule has 0 radical (unpaired) electrons. The highest BCUT2D eigenvalue weighted by atomic mass is 15.1. The number of nitrogens with two attached hydrogens (primary N) is 1. The van der Waals surface area contributed by atoms with Crippen molar-refractivity contribution in [3.05, 3.63) is 12.0 Å². The Hall–Kier alpha value is -0.990. The molecule has 1 aromatic rings. The molecular weight excluding hydrogens is 114 g/mol. The number of aromatic nitrogens is 2. The molecule has 50 valence electrons. The summed E-state index contributed by atoms with van der Waals surface area (Å²) in [7, 11) is 0. The van der Waals surface area contributed by atoms with Crippen LogP contribution in [0.15, 0.2) is 6.20 Å². The Morgan fingerprint density at radius 2 is 2.44 bits per heavy atom. The lowest BCUT2D eigenvalue weighted by Gasteiger charge is -1.95. The number of nitrogens with zero attached hydrogens (tertiary/aromatic N) is 2. The molecule has 0 aliphatic rings. The fourth-order valence-electron chi connectivity index (χ4n) is 0.853. The zero-order valence-electron chi connectivity index (χ0n) is 5.76. The third-order valence-electron chi connectivity index (χ3n) is 1.34. The van der Waals surface area contributed by atoms with Gasteiger partial charge in [-0.2, -0.15) is 0 Å². The van der Waals surface area contributed by atoms with E-state index in [1.165, 1.54) is 0 Å². The summed E-state index contributed by atoms with van der Waals surface area (Å²) in [6.45, 7) is 4.95. The van der Waals surface area contributed by atoms with Gasteiger partial charge in [0.2, 0.25) is 0 Å². The number of aryl methyl sites for hydroxylation is 2. The maximum absolute atomic E-state index is 5.42. The van der Waals surface area contributed by atoms with Crippen molar-refractivity contribution in [2.45, 2.75) is 20.4 Å². The van der Waals surface area contributed by atoms with Crippen molar-refractivity contribution >= 4 is 5.82 Å². The van der Waals surface area contributed by atoms with Crippen molar-refractivity contribution < 1.29 is 0 Å². The molecule has 0 saturated carbocycles. The van der Waals surface area contributed by atoms with Gasteiger partial charge in [0.25, 0.3) is 0 Å². The Morgan fingerprint density at radius 1 is 1.78 bits per heavy atom. The molecule has 3 heteroatoms. The molecular formula is C6H11N3. The fourth-order valence-corrected chi connectivity index (χ4v) is 0.853. The molecule has 0 aromatic carbocycles. The summed E-state index contributed by atoms with van der Waals surface area (Å²) in [6, 6.07) is 0. The standard InChI is InChI=1S/C6H11N3/c1-3-9-4-6(7)8-5(9)2/h4H,3,7H2,1-2H3. The highest BCUT2D eigenvalue weighted by Crippen LogP contribution is 2.01. The summed E-state index contributed by atoms with van der Waals surface area (Å²) in [5.74, 6) is 1.59. The van der Waals surface area contributed by atoms with Gasteiger partial charge in [-0.05, 0) is 13.8 Å². The summed E-state index contributed by atoms with van der Waals surface area (Å²) in [4.78, 5) is 4.02. The predicted octanol–water partition coefficient (Wildman–Crippen LogP) is 0.794. The monoisotopic (exact) mass is 125 g/mol. The largest absolute Gasteiger partial charge is 0.382 e. The van der Waals surface area contributed by atoms with Crippen LogP contribution in [0.4, 0.5) is 5.82 Å². The molecule has 0 spiro atoms. The van der Waals surface area contributed by atoms with Crippen molar-refractivity contribution in [1.82, 2.24) is 9.55 Å². The first-order valence-electron chi connectivity index (χ1n) is 3.03. The summed E-state index contributed by atoms with van der Waals surface area (Å²) in [6.07, 6.45) is 1.84. The number of hydrogen-bond donors (Lipinski definition) is 1. The average molecular weight is 125 g/mol. The van der Waals surface area contributed by atoms with Crippen molar-refractivity contribution in [3.8, 4) is 0 Å². The topological polar surface area (TPSA) is 43.8 Å². The maximum atomic E-state index is 5.42. The molecule has 0 bridgehead atoms. The second-order valence-corrected chi connectivity index (χ2v) is 2.00. The summed E-state index contributed by atoms with van der Waals surface area (Å²) >= 11 is 0. The van der Waals surface area contributed by atoms with Crippen molar-refractivity contribution in [2.75, 3.05) is 5.73 Å².